The number of hydrogen-bond donors (Lipinski definition) is 0. The van der Waals surface area contributed by atoms with E-state index in [1.54, 1.807) is 0 Å². The molecule has 2 rings (SSSR count). The first kappa shape index (κ1) is 17.9. The maximum absolute atomic E-state index is 13.0. The molecule has 23 heavy (non-hydrogen) atoms. The second-order valence-corrected chi connectivity index (χ2v) is 8.34. The summed E-state index contributed by atoms with van der Waals surface area (Å²) in [5.74, 6) is -1.78. The van der Waals surface area contributed by atoms with Crippen molar-refractivity contribution >= 4 is 37.6 Å². The third-order valence-corrected chi connectivity index (χ3v) is 6.03. The number of carbonyl (C=O) groups is 2. The molecule has 0 unspecified atom stereocenters. The second kappa shape index (κ2) is 6.96. The number of amides is 1. The molecule has 1 fully saturated rings. The van der Waals surface area contributed by atoms with Crippen molar-refractivity contribution in [3.8, 4) is 0 Å². The number of nitrogens with zero attached hydrogens (tertiary/aromatic N) is 1. The van der Waals surface area contributed by atoms with Crippen LogP contribution in [0, 0.1) is 5.82 Å². The molecule has 1 aromatic carbocycles. The highest BCUT2D eigenvalue weighted by molar-refractivity contribution is 9.10. The van der Waals surface area contributed by atoms with Crippen LogP contribution < -0.4 is 0 Å². The molecule has 0 aliphatic carbocycles. The zero-order chi connectivity index (χ0) is 17.2. The summed E-state index contributed by atoms with van der Waals surface area (Å²) in [5, 5.41) is 0. The van der Waals surface area contributed by atoms with Gasteiger partial charge in [0.25, 0.3) is 5.91 Å². The molecule has 1 heterocycles. The molecule has 9 heteroatoms. The van der Waals surface area contributed by atoms with Gasteiger partial charge in [-0.15, -0.1) is 0 Å². The molecule has 0 radical (unpaired) electrons. The maximum atomic E-state index is 13.0. The summed E-state index contributed by atoms with van der Waals surface area (Å²) >= 11 is 3.05. The Labute approximate surface area is 141 Å². The van der Waals surface area contributed by atoms with Crippen molar-refractivity contribution in [2.75, 3.05) is 25.2 Å². The molecule has 0 N–H and O–H groups in total. The van der Waals surface area contributed by atoms with Crippen molar-refractivity contribution < 1.29 is 27.1 Å². The monoisotopic (exact) mass is 407 g/mol. The van der Waals surface area contributed by atoms with Gasteiger partial charge in [-0.2, -0.15) is 0 Å². The fourth-order valence-electron chi connectivity index (χ4n) is 2.25. The number of sulfone groups is 1. The van der Waals surface area contributed by atoms with Crippen molar-refractivity contribution in [1.29, 1.82) is 0 Å². The van der Waals surface area contributed by atoms with Gasteiger partial charge < -0.3 is 9.64 Å². The topological polar surface area (TPSA) is 80.8 Å². The van der Waals surface area contributed by atoms with E-state index in [9.17, 15) is 22.4 Å². The molecule has 6 nitrogen and oxygen atoms in total. The summed E-state index contributed by atoms with van der Waals surface area (Å²) < 4.78 is 41.0. The lowest BCUT2D eigenvalue weighted by molar-refractivity contribution is -0.134. The molecular formula is C14H15BrFNO5S. The summed E-state index contributed by atoms with van der Waals surface area (Å²) in [6.07, 6.45) is 0.377. The normalized spacial score (nSPS) is 19.3. The highest BCUT2D eigenvalue weighted by atomic mass is 79.9. The Bertz CT molecular complexity index is 737. The van der Waals surface area contributed by atoms with Gasteiger partial charge in [-0.3, -0.25) is 4.79 Å². The van der Waals surface area contributed by atoms with Crippen molar-refractivity contribution in [3.63, 3.8) is 0 Å². The van der Waals surface area contributed by atoms with E-state index in [0.29, 0.717) is 6.42 Å². The van der Waals surface area contributed by atoms with Gasteiger partial charge in [-0.25, -0.2) is 17.6 Å². The van der Waals surface area contributed by atoms with Gasteiger partial charge in [-0.05, 0) is 40.5 Å². The Morgan fingerprint density at radius 2 is 2.13 bits per heavy atom. The van der Waals surface area contributed by atoms with E-state index >= 15 is 0 Å². The fraction of sp³-hybridized carbons (Fsp3) is 0.429. The molecule has 1 saturated heterocycles. The Hall–Kier alpha value is -1.48. The van der Waals surface area contributed by atoms with Crippen molar-refractivity contribution in [2.24, 2.45) is 0 Å². The molecule has 1 atom stereocenters. The van der Waals surface area contributed by atoms with E-state index in [4.69, 9.17) is 4.74 Å². The number of benzene rings is 1. The molecule has 0 saturated carbocycles. The largest absolute Gasteiger partial charge is 0.452 e. The lowest BCUT2D eigenvalue weighted by Gasteiger charge is -2.23. The number of halogens is 2. The zero-order valence-electron chi connectivity index (χ0n) is 12.3. The molecule has 126 valence electrons. The Morgan fingerprint density at radius 3 is 2.70 bits per heavy atom. The van der Waals surface area contributed by atoms with Crippen LogP contribution in [-0.4, -0.2) is 56.4 Å². The summed E-state index contributed by atoms with van der Waals surface area (Å²) in [6.45, 7) is -0.504. The Morgan fingerprint density at radius 1 is 1.43 bits per heavy atom. The van der Waals surface area contributed by atoms with Gasteiger partial charge in [0, 0.05) is 17.6 Å². The van der Waals surface area contributed by atoms with E-state index in [-0.39, 0.29) is 21.5 Å². The predicted octanol–water partition coefficient (Wildman–Crippen LogP) is 1.39. The predicted molar refractivity (Wildman–Crippen MR) is 84.2 cm³/mol. The number of hydrogen-bond acceptors (Lipinski definition) is 5. The summed E-state index contributed by atoms with van der Waals surface area (Å²) in [4.78, 5) is 25.2. The van der Waals surface area contributed by atoms with Gasteiger partial charge in [0.2, 0.25) is 0 Å². The molecule has 1 aliphatic rings. The average Bonchev–Trinajstić information content (AvgIpc) is 2.83. The third kappa shape index (κ3) is 4.51. The van der Waals surface area contributed by atoms with Crippen LogP contribution in [0.25, 0.3) is 0 Å². The van der Waals surface area contributed by atoms with E-state index in [0.717, 1.165) is 12.1 Å². The van der Waals surface area contributed by atoms with Crippen LogP contribution in [0.2, 0.25) is 0 Å². The Kier molecular flexibility index (Phi) is 5.41. The molecule has 0 aromatic heterocycles. The first-order valence-corrected chi connectivity index (χ1v) is 9.39. The minimum absolute atomic E-state index is 0.0532. The van der Waals surface area contributed by atoms with Crippen LogP contribution in [-0.2, 0) is 19.4 Å². The summed E-state index contributed by atoms with van der Waals surface area (Å²) in [7, 11) is -1.62. The quantitative estimate of drug-likeness (QED) is 0.704. The summed E-state index contributed by atoms with van der Waals surface area (Å²) in [5.41, 5.74) is 0.102. The number of esters is 1. The summed E-state index contributed by atoms with van der Waals surface area (Å²) in [6, 6.07) is 3.08. The molecule has 1 aromatic rings. The first-order valence-electron chi connectivity index (χ1n) is 6.78. The lowest BCUT2D eigenvalue weighted by atomic mass is 10.2. The number of carbonyl (C=O) groups excluding carboxylic acids is 2. The third-order valence-electron chi connectivity index (χ3n) is 3.63. The highest BCUT2D eigenvalue weighted by Crippen LogP contribution is 2.19. The zero-order valence-corrected chi connectivity index (χ0v) is 14.7. The van der Waals surface area contributed by atoms with Crippen LogP contribution in [0.15, 0.2) is 22.7 Å². The Balaban J connectivity index is 1.92. The fourth-order valence-corrected chi connectivity index (χ4v) is 4.53. The number of rotatable bonds is 4. The molecule has 1 aliphatic heterocycles. The van der Waals surface area contributed by atoms with Gasteiger partial charge in [-0.1, -0.05) is 0 Å². The maximum Gasteiger partial charge on any atom is 0.339 e. The standard InChI is InChI=1S/C14H15BrFNO5S/c1-17(10-4-5-23(20,21)8-10)13(18)7-22-14(19)11-3-2-9(16)6-12(11)15/h2-3,6,10H,4-5,7-8H2,1H3/t10-/m0/s1. The smallest absolute Gasteiger partial charge is 0.339 e. The minimum Gasteiger partial charge on any atom is -0.452 e. The van der Waals surface area contributed by atoms with Crippen molar-refractivity contribution in [3.05, 3.63) is 34.1 Å². The lowest BCUT2D eigenvalue weighted by Crippen LogP contribution is -2.40. The van der Waals surface area contributed by atoms with Crippen LogP contribution in [0.3, 0.4) is 0 Å². The molecule has 1 amide bonds. The highest BCUT2D eigenvalue weighted by Gasteiger charge is 2.33. The number of likely N-dealkylation sites (N-methyl/N-ethyl adjacent to an activating group) is 1. The van der Waals surface area contributed by atoms with Crippen LogP contribution in [0.1, 0.15) is 16.8 Å². The molecule has 0 bridgehead atoms. The van der Waals surface area contributed by atoms with Gasteiger partial charge >= 0.3 is 5.97 Å². The van der Waals surface area contributed by atoms with E-state index in [1.165, 1.54) is 18.0 Å². The SMILES string of the molecule is CN(C(=O)COC(=O)c1ccc(F)cc1Br)[C@H]1CCS(=O)(=O)C1. The van der Waals surface area contributed by atoms with E-state index < -0.39 is 40.2 Å². The van der Waals surface area contributed by atoms with Crippen LogP contribution in [0.4, 0.5) is 4.39 Å². The van der Waals surface area contributed by atoms with Gasteiger partial charge in [0.05, 0.1) is 17.1 Å². The molecular weight excluding hydrogens is 393 g/mol. The van der Waals surface area contributed by atoms with Gasteiger partial charge in [0.15, 0.2) is 16.4 Å². The molecule has 0 spiro atoms. The van der Waals surface area contributed by atoms with Gasteiger partial charge in [0.1, 0.15) is 5.82 Å². The first-order chi connectivity index (χ1) is 10.7. The minimum atomic E-state index is -3.10. The second-order valence-electron chi connectivity index (χ2n) is 5.26. The van der Waals surface area contributed by atoms with Crippen molar-refractivity contribution in [1.82, 2.24) is 4.90 Å². The van der Waals surface area contributed by atoms with E-state index in [1.807, 2.05) is 0 Å². The van der Waals surface area contributed by atoms with Crippen molar-refractivity contribution in [2.45, 2.75) is 12.5 Å². The van der Waals surface area contributed by atoms with E-state index in [2.05, 4.69) is 15.9 Å². The number of ether oxygens (including phenoxy) is 1. The average molecular weight is 408 g/mol. The van der Waals surface area contributed by atoms with Crippen LogP contribution >= 0.6 is 15.9 Å². The van der Waals surface area contributed by atoms with Crippen LogP contribution in [0.5, 0.6) is 0 Å².